The second-order valence-electron chi connectivity index (χ2n) is 9.79. The zero-order valence-corrected chi connectivity index (χ0v) is 19.9. The number of nitrogens with one attached hydrogen (secondary N) is 1. The van der Waals surface area contributed by atoms with Crippen LogP contribution in [-0.4, -0.2) is 29.3 Å². The SMILES string of the molecule is CCc1cc2c(cc1CC)CC(NC[C@@H](O)c1ccc(OCC3CCC3)c3ncccc13)C2. The maximum absolute atomic E-state index is 11.1. The summed E-state index contributed by atoms with van der Waals surface area (Å²) in [4.78, 5) is 4.59. The zero-order valence-electron chi connectivity index (χ0n) is 19.9. The van der Waals surface area contributed by atoms with E-state index in [1.807, 2.05) is 24.3 Å². The summed E-state index contributed by atoms with van der Waals surface area (Å²) in [7, 11) is 0. The van der Waals surface area contributed by atoms with Crippen LogP contribution in [0.3, 0.4) is 0 Å². The van der Waals surface area contributed by atoms with E-state index < -0.39 is 6.10 Å². The minimum atomic E-state index is -0.585. The van der Waals surface area contributed by atoms with E-state index in [0.717, 1.165) is 54.5 Å². The van der Waals surface area contributed by atoms with Crippen molar-refractivity contribution in [3.63, 3.8) is 0 Å². The number of nitrogens with zero attached hydrogens (tertiary/aromatic N) is 1. The smallest absolute Gasteiger partial charge is 0.145 e. The van der Waals surface area contributed by atoms with Crippen LogP contribution in [0.4, 0.5) is 0 Å². The molecule has 1 atom stereocenters. The second-order valence-corrected chi connectivity index (χ2v) is 9.79. The third kappa shape index (κ3) is 4.64. The van der Waals surface area contributed by atoms with Crippen molar-refractivity contribution < 1.29 is 9.84 Å². The molecule has 5 rings (SSSR count). The van der Waals surface area contributed by atoms with Crippen molar-refractivity contribution in [2.45, 2.75) is 70.9 Å². The number of aliphatic hydroxyl groups excluding tert-OH is 1. The van der Waals surface area contributed by atoms with Gasteiger partial charge in [0.15, 0.2) is 0 Å². The van der Waals surface area contributed by atoms with Gasteiger partial charge in [-0.1, -0.05) is 44.5 Å². The average molecular weight is 445 g/mol. The fraction of sp³-hybridized carbons (Fsp3) is 0.483. The second kappa shape index (κ2) is 9.82. The Morgan fingerprint density at radius 1 is 1.06 bits per heavy atom. The van der Waals surface area contributed by atoms with Crippen molar-refractivity contribution >= 4 is 10.9 Å². The van der Waals surface area contributed by atoms with Gasteiger partial charge in [0, 0.05) is 24.2 Å². The molecule has 1 fully saturated rings. The van der Waals surface area contributed by atoms with Crippen molar-refractivity contribution in [2.75, 3.05) is 13.2 Å². The van der Waals surface area contributed by atoms with Crippen molar-refractivity contribution in [2.24, 2.45) is 5.92 Å². The summed E-state index contributed by atoms with van der Waals surface area (Å²) in [5, 5.41) is 15.7. The predicted molar refractivity (Wildman–Crippen MR) is 134 cm³/mol. The molecule has 0 radical (unpaired) electrons. The molecule has 2 aliphatic rings. The molecule has 0 bridgehead atoms. The molecule has 0 unspecified atom stereocenters. The van der Waals surface area contributed by atoms with Crippen molar-refractivity contribution in [3.8, 4) is 5.75 Å². The molecule has 0 spiro atoms. The lowest BCUT2D eigenvalue weighted by Gasteiger charge is -2.25. The Morgan fingerprint density at radius 2 is 1.79 bits per heavy atom. The summed E-state index contributed by atoms with van der Waals surface area (Å²) in [6.45, 7) is 5.78. The van der Waals surface area contributed by atoms with Gasteiger partial charge in [-0.25, -0.2) is 0 Å². The van der Waals surface area contributed by atoms with E-state index >= 15 is 0 Å². The fourth-order valence-electron chi connectivity index (χ4n) is 5.41. The van der Waals surface area contributed by atoms with Gasteiger partial charge in [0.2, 0.25) is 0 Å². The Bertz CT molecular complexity index is 1090. The minimum absolute atomic E-state index is 0.376. The van der Waals surface area contributed by atoms with E-state index in [9.17, 15) is 5.11 Å². The van der Waals surface area contributed by atoms with Gasteiger partial charge in [0.05, 0.1) is 12.7 Å². The number of aliphatic hydroxyl groups is 1. The van der Waals surface area contributed by atoms with E-state index in [1.54, 1.807) is 6.20 Å². The van der Waals surface area contributed by atoms with Crippen molar-refractivity contribution in [3.05, 3.63) is 70.4 Å². The molecule has 4 heteroatoms. The highest BCUT2D eigenvalue weighted by molar-refractivity contribution is 5.87. The molecule has 3 aromatic rings. The standard InChI is InChI=1S/C29H36N2O2/c1-3-20-13-22-15-24(16-23(22)14-21(20)4-2)31-17-27(32)25-10-11-28(33-18-19-7-5-8-19)29-26(25)9-6-12-30-29/h6,9-14,19,24,27,31-32H,3-5,7-8,15-18H2,1-2H3/t27-/m1/s1. The lowest BCUT2D eigenvalue weighted by Crippen LogP contribution is -2.33. The number of rotatable bonds is 9. The Balaban J connectivity index is 1.26. The van der Waals surface area contributed by atoms with Gasteiger partial charge in [-0.2, -0.15) is 0 Å². The number of aromatic nitrogens is 1. The first-order valence-corrected chi connectivity index (χ1v) is 12.7. The fourth-order valence-corrected chi connectivity index (χ4v) is 5.41. The molecule has 174 valence electrons. The van der Waals surface area contributed by atoms with E-state index in [2.05, 4.69) is 36.3 Å². The van der Waals surface area contributed by atoms with E-state index in [-0.39, 0.29) is 0 Å². The average Bonchev–Trinajstić information content (AvgIpc) is 3.22. The maximum Gasteiger partial charge on any atom is 0.145 e. The van der Waals surface area contributed by atoms with Crippen LogP contribution in [0.15, 0.2) is 42.6 Å². The van der Waals surface area contributed by atoms with Gasteiger partial charge < -0.3 is 15.2 Å². The Labute approximate surface area is 197 Å². The molecule has 4 nitrogen and oxygen atoms in total. The highest BCUT2D eigenvalue weighted by Gasteiger charge is 2.24. The highest BCUT2D eigenvalue weighted by atomic mass is 16.5. The number of ether oxygens (including phenoxy) is 1. The first-order chi connectivity index (χ1) is 16.2. The molecule has 0 aliphatic heterocycles. The van der Waals surface area contributed by atoms with Crippen LogP contribution in [-0.2, 0) is 25.7 Å². The van der Waals surface area contributed by atoms with Crippen LogP contribution in [0, 0.1) is 5.92 Å². The lowest BCUT2D eigenvalue weighted by atomic mass is 9.86. The molecule has 2 aromatic carbocycles. The summed E-state index contributed by atoms with van der Waals surface area (Å²) in [5.74, 6) is 1.50. The number of fused-ring (bicyclic) bond motifs is 2. The molecule has 2 aliphatic carbocycles. The summed E-state index contributed by atoms with van der Waals surface area (Å²) in [6.07, 6.45) is 9.32. The minimum Gasteiger partial charge on any atom is -0.491 e. The summed E-state index contributed by atoms with van der Waals surface area (Å²) < 4.78 is 6.11. The molecular formula is C29H36N2O2. The Kier molecular flexibility index (Phi) is 6.66. The molecule has 33 heavy (non-hydrogen) atoms. The number of aryl methyl sites for hydroxylation is 2. The van der Waals surface area contributed by atoms with Crippen LogP contribution in [0.2, 0.25) is 0 Å². The molecule has 2 N–H and O–H groups in total. The monoisotopic (exact) mass is 444 g/mol. The highest BCUT2D eigenvalue weighted by Crippen LogP contribution is 2.33. The quantitative estimate of drug-likeness (QED) is 0.468. The molecule has 0 saturated heterocycles. The molecule has 1 heterocycles. The molecular weight excluding hydrogens is 408 g/mol. The summed E-state index contributed by atoms with van der Waals surface area (Å²) >= 11 is 0. The van der Waals surface area contributed by atoms with Gasteiger partial charge in [-0.3, -0.25) is 4.98 Å². The lowest BCUT2D eigenvalue weighted by molar-refractivity contribution is 0.171. The van der Waals surface area contributed by atoms with E-state index in [4.69, 9.17) is 4.74 Å². The third-order valence-corrected chi connectivity index (χ3v) is 7.64. The van der Waals surface area contributed by atoms with Crippen LogP contribution in [0.1, 0.15) is 67.0 Å². The topological polar surface area (TPSA) is 54.4 Å². The largest absolute Gasteiger partial charge is 0.491 e. The first-order valence-electron chi connectivity index (χ1n) is 12.7. The Morgan fingerprint density at radius 3 is 2.42 bits per heavy atom. The van der Waals surface area contributed by atoms with Crippen LogP contribution < -0.4 is 10.1 Å². The first kappa shape index (κ1) is 22.4. The van der Waals surface area contributed by atoms with Crippen LogP contribution >= 0.6 is 0 Å². The van der Waals surface area contributed by atoms with Gasteiger partial charge >= 0.3 is 0 Å². The summed E-state index contributed by atoms with van der Waals surface area (Å²) in [5.41, 5.74) is 7.67. The molecule has 1 saturated carbocycles. The maximum atomic E-state index is 11.1. The van der Waals surface area contributed by atoms with Gasteiger partial charge in [-0.05, 0) is 84.4 Å². The normalized spacial score (nSPS) is 17.2. The van der Waals surface area contributed by atoms with Gasteiger partial charge in [-0.15, -0.1) is 0 Å². The van der Waals surface area contributed by atoms with E-state index in [0.29, 0.717) is 18.5 Å². The van der Waals surface area contributed by atoms with Gasteiger partial charge in [0.1, 0.15) is 11.3 Å². The van der Waals surface area contributed by atoms with Crippen LogP contribution in [0.5, 0.6) is 5.75 Å². The number of hydrogen-bond acceptors (Lipinski definition) is 4. The molecule has 0 amide bonds. The molecule has 1 aromatic heterocycles. The van der Waals surface area contributed by atoms with Crippen LogP contribution in [0.25, 0.3) is 10.9 Å². The van der Waals surface area contributed by atoms with Gasteiger partial charge in [0.25, 0.3) is 0 Å². The summed E-state index contributed by atoms with van der Waals surface area (Å²) in [6, 6.07) is 13.2. The Hall–Kier alpha value is -2.43. The van der Waals surface area contributed by atoms with Crippen molar-refractivity contribution in [1.29, 1.82) is 0 Å². The van der Waals surface area contributed by atoms with Crippen molar-refractivity contribution in [1.82, 2.24) is 10.3 Å². The number of pyridine rings is 1. The predicted octanol–water partition coefficient (Wildman–Crippen LogP) is 5.33. The zero-order chi connectivity index (χ0) is 22.8. The number of benzene rings is 2. The number of hydrogen-bond donors (Lipinski definition) is 2. The third-order valence-electron chi connectivity index (χ3n) is 7.64. The van der Waals surface area contributed by atoms with E-state index in [1.165, 1.54) is 41.5 Å².